The van der Waals surface area contributed by atoms with Crippen molar-refractivity contribution in [1.29, 1.82) is 0 Å². The van der Waals surface area contributed by atoms with Crippen molar-refractivity contribution in [2.45, 2.75) is 12.7 Å². The highest BCUT2D eigenvalue weighted by Gasteiger charge is 2.34. The quantitative estimate of drug-likeness (QED) is 0.596. The molecule has 0 fully saturated rings. The van der Waals surface area contributed by atoms with Gasteiger partial charge in [0.05, 0.1) is 5.56 Å². The summed E-state index contributed by atoms with van der Waals surface area (Å²) in [6.07, 6.45) is -3.12. The molecule has 1 aromatic carbocycles. The molecule has 0 bridgehead atoms. The number of alkyl halides is 3. The number of carbonyl (C=O) groups excluding carboxylic acids is 1. The largest absolute Gasteiger partial charge is 0.416 e. The van der Waals surface area contributed by atoms with Crippen LogP contribution in [0.15, 0.2) is 30.5 Å². The lowest BCUT2D eigenvalue weighted by molar-refractivity contribution is -0.138. The summed E-state index contributed by atoms with van der Waals surface area (Å²) in [6, 6.07) is 5.52. The SMILES string of the molecule is CN(C)Cc1ccc(-n2c(C(=O)N(C)C)cc3cnc(Cl)nc32)cc1C(F)(F)F. The summed E-state index contributed by atoms with van der Waals surface area (Å²) in [6.45, 7) is 0.124. The minimum atomic E-state index is -4.55. The standard InChI is InChI=1S/C19H19ClF3N5O/c1-26(2)10-11-5-6-13(8-14(11)19(21,22)23)28-15(17(29)27(3)4)7-12-9-24-18(20)25-16(12)28/h5-9H,10H2,1-4H3. The van der Waals surface area contributed by atoms with Gasteiger partial charge in [0.2, 0.25) is 5.28 Å². The van der Waals surface area contributed by atoms with Crippen LogP contribution in [-0.4, -0.2) is 58.4 Å². The van der Waals surface area contributed by atoms with E-state index in [0.29, 0.717) is 5.39 Å². The Kier molecular flexibility index (Phi) is 5.55. The molecule has 2 aromatic heterocycles. The number of rotatable bonds is 4. The van der Waals surface area contributed by atoms with E-state index in [1.807, 2.05) is 0 Å². The van der Waals surface area contributed by atoms with Crippen LogP contribution in [0.2, 0.25) is 5.28 Å². The van der Waals surface area contributed by atoms with E-state index in [9.17, 15) is 18.0 Å². The van der Waals surface area contributed by atoms with Gasteiger partial charge in [-0.15, -0.1) is 0 Å². The maximum atomic E-state index is 13.7. The van der Waals surface area contributed by atoms with Crippen LogP contribution in [0.3, 0.4) is 0 Å². The molecular weight excluding hydrogens is 407 g/mol. The van der Waals surface area contributed by atoms with Crippen LogP contribution < -0.4 is 0 Å². The Balaban J connectivity index is 2.31. The summed E-state index contributed by atoms with van der Waals surface area (Å²) in [5.41, 5.74) is -0.0571. The zero-order chi connectivity index (χ0) is 21.5. The summed E-state index contributed by atoms with van der Waals surface area (Å²) in [4.78, 5) is 23.7. The Morgan fingerprint density at radius 3 is 2.45 bits per heavy atom. The third-order valence-corrected chi connectivity index (χ3v) is 4.46. The number of nitrogens with zero attached hydrogens (tertiary/aromatic N) is 5. The normalized spacial score (nSPS) is 12.0. The molecule has 0 radical (unpaired) electrons. The van der Waals surface area contributed by atoms with Gasteiger partial charge in [0.1, 0.15) is 11.3 Å². The number of amides is 1. The fourth-order valence-corrected chi connectivity index (χ4v) is 3.19. The van der Waals surface area contributed by atoms with Crippen LogP contribution in [0.1, 0.15) is 21.6 Å². The Hall–Kier alpha value is -2.65. The van der Waals surface area contributed by atoms with Gasteiger partial charge in [0.25, 0.3) is 5.91 Å². The number of aromatic nitrogens is 3. The van der Waals surface area contributed by atoms with Gasteiger partial charge in [-0.2, -0.15) is 18.2 Å². The third-order valence-electron chi connectivity index (χ3n) is 4.28. The lowest BCUT2D eigenvalue weighted by atomic mass is 10.1. The van der Waals surface area contributed by atoms with E-state index in [2.05, 4.69) is 9.97 Å². The molecule has 0 unspecified atom stereocenters. The van der Waals surface area contributed by atoms with Crippen molar-refractivity contribution in [2.75, 3.05) is 28.2 Å². The summed E-state index contributed by atoms with van der Waals surface area (Å²) in [5.74, 6) is -0.384. The summed E-state index contributed by atoms with van der Waals surface area (Å²) in [5, 5.41) is 0.423. The molecular formula is C19H19ClF3N5O. The second kappa shape index (κ2) is 7.64. The molecule has 0 atom stereocenters. The first-order valence-electron chi connectivity index (χ1n) is 8.60. The average Bonchev–Trinajstić information content (AvgIpc) is 2.98. The number of hydrogen-bond acceptors (Lipinski definition) is 4. The van der Waals surface area contributed by atoms with E-state index < -0.39 is 11.7 Å². The number of halogens is 4. The Morgan fingerprint density at radius 2 is 1.86 bits per heavy atom. The minimum Gasteiger partial charge on any atom is -0.343 e. The molecule has 29 heavy (non-hydrogen) atoms. The van der Waals surface area contributed by atoms with E-state index in [1.54, 1.807) is 33.1 Å². The summed E-state index contributed by atoms with van der Waals surface area (Å²) in [7, 11) is 6.51. The third kappa shape index (κ3) is 4.20. The molecule has 2 heterocycles. The monoisotopic (exact) mass is 425 g/mol. The van der Waals surface area contributed by atoms with Gasteiger partial charge >= 0.3 is 6.18 Å². The second-order valence-corrected chi connectivity index (χ2v) is 7.40. The summed E-state index contributed by atoms with van der Waals surface area (Å²) >= 11 is 5.90. The van der Waals surface area contributed by atoms with Gasteiger partial charge in [-0.05, 0) is 49.5 Å². The predicted molar refractivity (Wildman–Crippen MR) is 104 cm³/mol. The number of benzene rings is 1. The molecule has 0 saturated heterocycles. The zero-order valence-corrected chi connectivity index (χ0v) is 17.0. The maximum Gasteiger partial charge on any atom is 0.416 e. The second-order valence-electron chi connectivity index (χ2n) is 7.06. The molecule has 10 heteroatoms. The van der Waals surface area contributed by atoms with Crippen LogP contribution in [0.4, 0.5) is 13.2 Å². The van der Waals surface area contributed by atoms with E-state index >= 15 is 0 Å². The lowest BCUT2D eigenvalue weighted by Gasteiger charge is -2.19. The average molecular weight is 426 g/mol. The molecule has 0 N–H and O–H groups in total. The van der Waals surface area contributed by atoms with Crippen LogP contribution in [-0.2, 0) is 12.7 Å². The molecule has 1 amide bonds. The number of fused-ring (bicyclic) bond motifs is 1. The molecule has 154 valence electrons. The van der Waals surface area contributed by atoms with Crippen molar-refractivity contribution in [3.05, 3.63) is 52.6 Å². The van der Waals surface area contributed by atoms with Crippen LogP contribution in [0.5, 0.6) is 0 Å². The van der Waals surface area contributed by atoms with E-state index in [1.165, 1.54) is 33.9 Å². The van der Waals surface area contributed by atoms with E-state index in [4.69, 9.17) is 11.6 Å². The van der Waals surface area contributed by atoms with Gasteiger partial charge in [0, 0.05) is 37.9 Å². The van der Waals surface area contributed by atoms with Crippen molar-refractivity contribution in [3.63, 3.8) is 0 Å². The van der Waals surface area contributed by atoms with Gasteiger partial charge in [-0.1, -0.05) is 6.07 Å². The first-order chi connectivity index (χ1) is 13.5. The Bertz CT molecular complexity index is 1080. The first-order valence-corrected chi connectivity index (χ1v) is 8.97. The smallest absolute Gasteiger partial charge is 0.343 e. The van der Waals surface area contributed by atoms with Crippen molar-refractivity contribution in [1.82, 2.24) is 24.3 Å². The highest BCUT2D eigenvalue weighted by molar-refractivity contribution is 6.28. The zero-order valence-electron chi connectivity index (χ0n) is 16.3. The first kappa shape index (κ1) is 21.1. The van der Waals surface area contributed by atoms with Crippen LogP contribution in [0, 0.1) is 0 Å². The molecule has 0 spiro atoms. The van der Waals surface area contributed by atoms with Crippen LogP contribution in [0.25, 0.3) is 16.7 Å². The van der Waals surface area contributed by atoms with E-state index in [0.717, 1.165) is 6.07 Å². The molecule has 6 nitrogen and oxygen atoms in total. The fourth-order valence-electron chi connectivity index (χ4n) is 3.06. The highest BCUT2D eigenvalue weighted by atomic mass is 35.5. The van der Waals surface area contributed by atoms with Crippen molar-refractivity contribution < 1.29 is 18.0 Å². The van der Waals surface area contributed by atoms with Gasteiger partial charge in [-0.3, -0.25) is 9.36 Å². The Morgan fingerprint density at radius 1 is 1.17 bits per heavy atom. The lowest BCUT2D eigenvalue weighted by Crippen LogP contribution is -2.24. The van der Waals surface area contributed by atoms with Gasteiger partial charge < -0.3 is 9.80 Å². The molecule has 0 saturated carbocycles. The van der Waals surface area contributed by atoms with Crippen molar-refractivity contribution >= 4 is 28.5 Å². The summed E-state index contributed by atoms with van der Waals surface area (Å²) < 4.78 is 42.6. The van der Waals surface area contributed by atoms with Gasteiger partial charge in [0.15, 0.2) is 0 Å². The Labute approximate surface area is 170 Å². The maximum absolute atomic E-state index is 13.7. The molecule has 3 aromatic rings. The van der Waals surface area contributed by atoms with Crippen molar-refractivity contribution in [2.24, 2.45) is 0 Å². The molecule has 3 rings (SSSR count). The van der Waals surface area contributed by atoms with Crippen LogP contribution >= 0.6 is 11.6 Å². The minimum absolute atomic E-state index is 0.0685. The van der Waals surface area contributed by atoms with E-state index in [-0.39, 0.29) is 40.3 Å². The predicted octanol–water partition coefficient (Wildman–Crippen LogP) is 3.86. The molecule has 0 aliphatic carbocycles. The number of carbonyl (C=O) groups is 1. The van der Waals surface area contributed by atoms with Crippen molar-refractivity contribution in [3.8, 4) is 5.69 Å². The fraction of sp³-hybridized carbons (Fsp3) is 0.316. The number of hydrogen-bond donors (Lipinski definition) is 0. The highest BCUT2D eigenvalue weighted by Crippen LogP contribution is 2.35. The molecule has 0 aliphatic rings. The topological polar surface area (TPSA) is 54.3 Å². The molecule has 0 aliphatic heterocycles. The van der Waals surface area contributed by atoms with Gasteiger partial charge in [-0.25, -0.2) is 4.98 Å².